The van der Waals surface area contributed by atoms with E-state index in [1.807, 2.05) is 26.0 Å². The Bertz CT molecular complexity index is 557. The third-order valence-electron chi connectivity index (χ3n) is 2.62. The highest BCUT2D eigenvalue weighted by atomic mass is 16.5. The fourth-order valence-corrected chi connectivity index (χ4v) is 1.73. The molecule has 5 heteroatoms. The van der Waals surface area contributed by atoms with Gasteiger partial charge in [-0.1, -0.05) is 6.92 Å². The summed E-state index contributed by atoms with van der Waals surface area (Å²) in [6, 6.07) is 5.64. The molecular weight excluding hydrogens is 240 g/mol. The number of rotatable bonds is 5. The molecule has 0 aliphatic carbocycles. The maximum Gasteiger partial charge on any atom is 0.224 e. The van der Waals surface area contributed by atoms with Gasteiger partial charge in [0.15, 0.2) is 5.75 Å². The molecular formula is C14H18N4O. The zero-order valence-corrected chi connectivity index (χ0v) is 11.5. The topological polar surface area (TPSA) is 59.9 Å². The van der Waals surface area contributed by atoms with Crippen molar-refractivity contribution in [1.29, 1.82) is 0 Å². The Hall–Kier alpha value is -2.17. The average Bonchev–Trinajstić information content (AvgIpc) is 2.41. The van der Waals surface area contributed by atoms with E-state index in [0.29, 0.717) is 5.88 Å². The Morgan fingerprint density at radius 1 is 1.21 bits per heavy atom. The molecule has 100 valence electrons. The summed E-state index contributed by atoms with van der Waals surface area (Å²) in [5, 5.41) is 3.12. The van der Waals surface area contributed by atoms with Crippen LogP contribution in [0.2, 0.25) is 0 Å². The van der Waals surface area contributed by atoms with Crippen molar-refractivity contribution >= 4 is 5.82 Å². The van der Waals surface area contributed by atoms with E-state index < -0.39 is 0 Å². The molecule has 2 aromatic heterocycles. The van der Waals surface area contributed by atoms with Crippen molar-refractivity contribution in [2.24, 2.45) is 0 Å². The fraction of sp³-hybridized carbons (Fsp3) is 0.357. The van der Waals surface area contributed by atoms with Crippen LogP contribution in [0.3, 0.4) is 0 Å². The van der Waals surface area contributed by atoms with E-state index in [2.05, 4.69) is 27.2 Å². The van der Waals surface area contributed by atoms with Gasteiger partial charge in [0, 0.05) is 18.3 Å². The van der Waals surface area contributed by atoms with Crippen molar-refractivity contribution < 1.29 is 4.74 Å². The molecule has 0 aliphatic heterocycles. The van der Waals surface area contributed by atoms with Crippen molar-refractivity contribution in [2.75, 3.05) is 11.9 Å². The van der Waals surface area contributed by atoms with Gasteiger partial charge >= 0.3 is 0 Å². The molecule has 19 heavy (non-hydrogen) atoms. The molecule has 0 unspecified atom stereocenters. The monoisotopic (exact) mass is 258 g/mol. The van der Waals surface area contributed by atoms with Crippen molar-refractivity contribution in [2.45, 2.75) is 27.2 Å². The van der Waals surface area contributed by atoms with Crippen LogP contribution in [0.25, 0.3) is 0 Å². The summed E-state index contributed by atoms with van der Waals surface area (Å²) in [5.74, 6) is 2.02. The molecule has 0 fully saturated rings. The van der Waals surface area contributed by atoms with Gasteiger partial charge in [-0.3, -0.25) is 4.98 Å². The first-order chi connectivity index (χ1) is 9.22. The largest absolute Gasteiger partial charge is 0.437 e. The smallest absolute Gasteiger partial charge is 0.224 e. The zero-order chi connectivity index (χ0) is 13.7. The van der Waals surface area contributed by atoms with Crippen molar-refractivity contribution in [1.82, 2.24) is 15.0 Å². The van der Waals surface area contributed by atoms with E-state index in [1.165, 1.54) is 6.33 Å². The van der Waals surface area contributed by atoms with Gasteiger partial charge < -0.3 is 10.1 Å². The molecule has 1 N–H and O–H groups in total. The molecule has 2 aromatic rings. The Morgan fingerprint density at radius 3 is 2.79 bits per heavy atom. The number of pyridine rings is 1. The van der Waals surface area contributed by atoms with Crippen LogP contribution in [0.1, 0.15) is 25.2 Å². The Labute approximate surface area is 113 Å². The lowest BCUT2D eigenvalue weighted by atomic mass is 10.2. The number of hydrogen-bond donors (Lipinski definition) is 1. The van der Waals surface area contributed by atoms with Crippen LogP contribution in [0, 0.1) is 6.92 Å². The van der Waals surface area contributed by atoms with E-state index in [-0.39, 0.29) is 0 Å². The zero-order valence-electron chi connectivity index (χ0n) is 11.5. The van der Waals surface area contributed by atoms with Crippen LogP contribution in [-0.2, 0) is 6.42 Å². The Kier molecular flexibility index (Phi) is 4.28. The first-order valence-electron chi connectivity index (χ1n) is 6.43. The van der Waals surface area contributed by atoms with Crippen LogP contribution in [0.4, 0.5) is 5.82 Å². The quantitative estimate of drug-likeness (QED) is 0.893. The lowest BCUT2D eigenvalue weighted by molar-refractivity contribution is 0.453. The molecule has 0 bridgehead atoms. The number of aromatic nitrogens is 3. The first kappa shape index (κ1) is 13.3. The second-order valence-corrected chi connectivity index (χ2v) is 4.12. The van der Waals surface area contributed by atoms with E-state index in [0.717, 1.165) is 35.9 Å². The number of ether oxygens (including phenoxy) is 1. The minimum Gasteiger partial charge on any atom is -0.437 e. The summed E-state index contributed by atoms with van der Waals surface area (Å²) in [4.78, 5) is 12.7. The minimum absolute atomic E-state index is 0.520. The molecule has 0 spiro atoms. The van der Waals surface area contributed by atoms with E-state index in [1.54, 1.807) is 6.07 Å². The molecule has 2 heterocycles. The van der Waals surface area contributed by atoms with Crippen LogP contribution in [0.5, 0.6) is 11.6 Å². The van der Waals surface area contributed by atoms with Gasteiger partial charge in [0.1, 0.15) is 12.1 Å². The van der Waals surface area contributed by atoms with Crippen molar-refractivity contribution in [3.63, 3.8) is 0 Å². The molecule has 0 radical (unpaired) electrons. The maximum atomic E-state index is 5.79. The summed E-state index contributed by atoms with van der Waals surface area (Å²) in [6.07, 6.45) is 2.31. The lowest BCUT2D eigenvalue weighted by Gasteiger charge is -2.10. The standard InChI is InChI=1S/C14H18N4O/c1-4-11-12(7-6-10(3)18-11)19-14-8-13(15-5-2)16-9-17-14/h6-9H,4-5H2,1-3H3,(H,15,16,17). The van der Waals surface area contributed by atoms with Gasteiger partial charge in [-0.05, 0) is 32.4 Å². The predicted molar refractivity (Wildman–Crippen MR) is 74.6 cm³/mol. The third-order valence-corrected chi connectivity index (χ3v) is 2.62. The predicted octanol–water partition coefficient (Wildman–Crippen LogP) is 2.97. The summed E-state index contributed by atoms with van der Waals surface area (Å²) in [7, 11) is 0. The van der Waals surface area contributed by atoms with Crippen molar-refractivity contribution in [3.05, 3.63) is 35.9 Å². The van der Waals surface area contributed by atoms with Gasteiger partial charge in [0.05, 0.1) is 5.69 Å². The van der Waals surface area contributed by atoms with E-state index >= 15 is 0 Å². The lowest BCUT2D eigenvalue weighted by Crippen LogP contribution is -2.01. The number of aryl methyl sites for hydroxylation is 2. The van der Waals surface area contributed by atoms with Crippen molar-refractivity contribution in [3.8, 4) is 11.6 Å². The SMILES string of the molecule is CCNc1cc(Oc2ccc(C)nc2CC)ncn1. The van der Waals surface area contributed by atoms with Gasteiger partial charge in [0.25, 0.3) is 0 Å². The van der Waals surface area contributed by atoms with Crippen LogP contribution < -0.4 is 10.1 Å². The number of nitrogens with zero attached hydrogens (tertiary/aromatic N) is 3. The van der Waals surface area contributed by atoms with Crippen LogP contribution in [-0.4, -0.2) is 21.5 Å². The highest BCUT2D eigenvalue weighted by Crippen LogP contribution is 2.24. The maximum absolute atomic E-state index is 5.79. The Morgan fingerprint density at radius 2 is 2.05 bits per heavy atom. The second-order valence-electron chi connectivity index (χ2n) is 4.12. The number of hydrogen-bond acceptors (Lipinski definition) is 5. The number of nitrogens with one attached hydrogen (secondary N) is 1. The summed E-state index contributed by atoms with van der Waals surface area (Å²) >= 11 is 0. The van der Waals surface area contributed by atoms with Gasteiger partial charge in [0.2, 0.25) is 5.88 Å². The van der Waals surface area contributed by atoms with Gasteiger partial charge in [-0.2, -0.15) is 0 Å². The molecule has 0 aromatic carbocycles. The normalized spacial score (nSPS) is 10.3. The molecule has 2 rings (SSSR count). The van der Waals surface area contributed by atoms with Gasteiger partial charge in [-0.25, -0.2) is 9.97 Å². The first-order valence-corrected chi connectivity index (χ1v) is 6.43. The third kappa shape index (κ3) is 3.40. The summed E-state index contributed by atoms with van der Waals surface area (Å²) in [6.45, 7) is 6.85. The summed E-state index contributed by atoms with van der Waals surface area (Å²) in [5.41, 5.74) is 1.92. The van der Waals surface area contributed by atoms with Crippen LogP contribution in [0.15, 0.2) is 24.5 Å². The molecule has 0 atom stereocenters. The average molecular weight is 258 g/mol. The minimum atomic E-state index is 0.520. The number of anilines is 1. The van der Waals surface area contributed by atoms with Gasteiger partial charge in [-0.15, -0.1) is 0 Å². The van der Waals surface area contributed by atoms with E-state index in [4.69, 9.17) is 4.74 Å². The van der Waals surface area contributed by atoms with Crippen LogP contribution >= 0.6 is 0 Å². The molecule has 0 saturated carbocycles. The van der Waals surface area contributed by atoms with E-state index in [9.17, 15) is 0 Å². The highest BCUT2D eigenvalue weighted by Gasteiger charge is 2.07. The fourth-order valence-electron chi connectivity index (χ4n) is 1.73. The summed E-state index contributed by atoms with van der Waals surface area (Å²) < 4.78 is 5.79. The molecule has 0 saturated heterocycles. The molecule has 0 amide bonds. The Balaban J connectivity index is 2.23. The second kappa shape index (κ2) is 6.13. The molecule has 0 aliphatic rings. The highest BCUT2D eigenvalue weighted by molar-refractivity contribution is 5.39. The molecule has 5 nitrogen and oxygen atoms in total.